The molecule has 0 amide bonds. The van der Waals surface area contributed by atoms with Crippen molar-refractivity contribution in [1.29, 1.82) is 0 Å². The van der Waals surface area contributed by atoms with Crippen LogP contribution in [-0.4, -0.2) is 29.7 Å². The van der Waals surface area contributed by atoms with Crippen LogP contribution in [-0.2, 0) is 0 Å². The number of fused-ring (bicyclic) bond motifs is 1. The van der Waals surface area contributed by atoms with E-state index >= 15 is 0 Å². The highest BCUT2D eigenvalue weighted by Gasteiger charge is 2.49. The molecule has 2 aliphatic rings. The Morgan fingerprint density at radius 3 is 3.00 bits per heavy atom. The zero-order chi connectivity index (χ0) is 10.3. The van der Waals surface area contributed by atoms with Gasteiger partial charge in [0.25, 0.3) is 0 Å². The summed E-state index contributed by atoms with van der Waals surface area (Å²) in [6.45, 7) is 10.0. The van der Waals surface area contributed by atoms with Gasteiger partial charge in [0.05, 0.1) is 0 Å². The number of hydrogen-bond acceptors (Lipinski definition) is 1. The van der Waals surface area contributed by atoms with E-state index in [4.69, 9.17) is 0 Å². The smallest absolute Gasteiger partial charge is 0.115 e. The third-order valence-electron chi connectivity index (χ3n) is 3.47. The van der Waals surface area contributed by atoms with Gasteiger partial charge in [-0.05, 0) is 25.2 Å². The zero-order valence-corrected chi connectivity index (χ0v) is 9.22. The molecule has 0 aromatic rings. The third-order valence-corrected chi connectivity index (χ3v) is 3.47. The van der Waals surface area contributed by atoms with Crippen molar-refractivity contribution in [3.05, 3.63) is 12.2 Å². The first-order chi connectivity index (χ1) is 6.52. The summed E-state index contributed by atoms with van der Waals surface area (Å²) in [7, 11) is 0. The van der Waals surface area contributed by atoms with Crippen molar-refractivity contribution in [2.24, 2.45) is 5.92 Å². The summed E-state index contributed by atoms with van der Waals surface area (Å²) in [6, 6.07) is 0. The van der Waals surface area contributed by atoms with Crippen molar-refractivity contribution in [1.82, 2.24) is 4.90 Å². The number of rotatable bonds is 2. The highest BCUT2D eigenvalue weighted by Crippen LogP contribution is 2.45. The molecule has 2 heterocycles. The van der Waals surface area contributed by atoms with E-state index in [1.165, 1.54) is 5.57 Å². The van der Waals surface area contributed by atoms with Crippen molar-refractivity contribution < 1.29 is 4.39 Å². The first-order valence-corrected chi connectivity index (χ1v) is 5.58. The monoisotopic (exact) mass is 197 g/mol. The largest absolute Gasteiger partial charge is 0.290 e. The number of nitrogens with zero attached hydrogens (tertiary/aromatic N) is 1. The molecule has 1 unspecified atom stereocenters. The molecular weight excluding hydrogens is 177 g/mol. The number of hydrogen-bond donors (Lipinski definition) is 0. The molecule has 0 aliphatic carbocycles. The second kappa shape index (κ2) is 3.34. The van der Waals surface area contributed by atoms with Crippen LogP contribution in [0.3, 0.4) is 0 Å². The second-order valence-corrected chi connectivity index (χ2v) is 5.43. The van der Waals surface area contributed by atoms with Crippen LogP contribution in [0, 0.1) is 5.92 Å². The van der Waals surface area contributed by atoms with Crippen molar-refractivity contribution >= 4 is 0 Å². The van der Waals surface area contributed by atoms with Gasteiger partial charge in [-0.3, -0.25) is 4.90 Å². The topological polar surface area (TPSA) is 3.24 Å². The van der Waals surface area contributed by atoms with Crippen LogP contribution in [0.5, 0.6) is 0 Å². The minimum atomic E-state index is -0.609. The molecule has 2 saturated heterocycles. The molecule has 2 heteroatoms. The lowest BCUT2D eigenvalue weighted by Gasteiger charge is -2.32. The first kappa shape index (κ1) is 10.2. The Morgan fingerprint density at radius 1 is 1.64 bits per heavy atom. The fraction of sp³-hybridized carbons (Fsp3) is 0.833. The quantitative estimate of drug-likeness (QED) is 0.615. The summed E-state index contributed by atoms with van der Waals surface area (Å²) in [5.41, 5.74) is 1.42. The molecule has 0 N–H and O–H groups in total. The molecule has 2 aliphatic heterocycles. The summed E-state index contributed by atoms with van der Waals surface area (Å²) in [5, 5.41) is 0. The van der Waals surface area contributed by atoms with Gasteiger partial charge in [0, 0.05) is 18.6 Å². The van der Waals surface area contributed by atoms with Crippen molar-refractivity contribution in [2.75, 3.05) is 13.1 Å². The molecule has 2 fully saturated rings. The molecule has 0 spiro atoms. The van der Waals surface area contributed by atoms with E-state index in [1.54, 1.807) is 0 Å². The molecule has 0 radical (unpaired) electrons. The molecule has 0 aromatic heterocycles. The van der Waals surface area contributed by atoms with Gasteiger partial charge in [0.15, 0.2) is 0 Å². The normalized spacial score (nSPS) is 38.3. The summed E-state index contributed by atoms with van der Waals surface area (Å²) < 4.78 is 13.4. The molecule has 1 nitrogen and oxygen atoms in total. The van der Waals surface area contributed by atoms with Crippen molar-refractivity contribution in [3.63, 3.8) is 0 Å². The highest BCUT2D eigenvalue weighted by molar-refractivity contribution is 5.19. The Bertz CT molecular complexity index is 249. The van der Waals surface area contributed by atoms with E-state index in [0.717, 1.165) is 25.8 Å². The lowest BCUT2D eigenvalue weighted by molar-refractivity contribution is 0.163. The first-order valence-electron chi connectivity index (χ1n) is 5.58. The fourth-order valence-corrected chi connectivity index (χ4v) is 3.29. The Hall–Kier alpha value is -0.370. The maximum atomic E-state index is 13.4. The molecule has 0 bridgehead atoms. The maximum absolute atomic E-state index is 13.4. The van der Waals surface area contributed by atoms with Crippen molar-refractivity contribution in [3.8, 4) is 0 Å². The van der Waals surface area contributed by atoms with E-state index in [0.29, 0.717) is 12.5 Å². The van der Waals surface area contributed by atoms with Crippen LogP contribution < -0.4 is 0 Å². The molecule has 2 rings (SSSR count). The minimum absolute atomic E-state index is 0.130. The predicted molar refractivity (Wildman–Crippen MR) is 57.0 cm³/mol. The average Bonchev–Trinajstić information content (AvgIpc) is 2.36. The van der Waals surface area contributed by atoms with E-state index in [2.05, 4.69) is 25.3 Å². The summed E-state index contributed by atoms with van der Waals surface area (Å²) in [5.74, 6) is 0.647. The third kappa shape index (κ3) is 1.60. The molecule has 0 saturated carbocycles. The van der Waals surface area contributed by atoms with Crippen LogP contribution in [0.15, 0.2) is 12.2 Å². The lowest BCUT2D eigenvalue weighted by atomic mass is 9.84. The molecular formula is C12H20FN. The Balaban J connectivity index is 2.16. The minimum Gasteiger partial charge on any atom is -0.290 e. The maximum Gasteiger partial charge on any atom is 0.115 e. The zero-order valence-electron chi connectivity index (χ0n) is 9.22. The fourth-order valence-electron chi connectivity index (χ4n) is 3.29. The highest BCUT2D eigenvalue weighted by atomic mass is 19.1. The lowest BCUT2D eigenvalue weighted by Crippen LogP contribution is -2.39. The molecule has 80 valence electrons. The van der Waals surface area contributed by atoms with Gasteiger partial charge in [-0.2, -0.15) is 0 Å². The van der Waals surface area contributed by atoms with Crippen LogP contribution in [0.1, 0.15) is 33.1 Å². The van der Waals surface area contributed by atoms with Crippen LogP contribution >= 0.6 is 0 Å². The van der Waals surface area contributed by atoms with Gasteiger partial charge in [-0.1, -0.05) is 26.0 Å². The number of halogens is 1. The average molecular weight is 197 g/mol. The Kier molecular flexibility index (Phi) is 2.42. The van der Waals surface area contributed by atoms with E-state index < -0.39 is 6.17 Å². The van der Waals surface area contributed by atoms with Crippen LogP contribution in [0.4, 0.5) is 4.39 Å². The molecule has 0 aromatic carbocycles. The second-order valence-electron chi connectivity index (χ2n) is 5.43. The summed E-state index contributed by atoms with van der Waals surface area (Å²) in [4.78, 5) is 2.32. The SMILES string of the molecule is C=C1CN2C[C@H](F)CC2(CC(C)C)C1. The summed E-state index contributed by atoms with van der Waals surface area (Å²) in [6.07, 6.45) is 2.25. The van der Waals surface area contributed by atoms with Crippen molar-refractivity contribution in [2.45, 2.75) is 44.8 Å². The molecule has 14 heavy (non-hydrogen) atoms. The van der Waals surface area contributed by atoms with E-state index in [-0.39, 0.29) is 5.54 Å². The Labute approximate surface area is 86.0 Å². The van der Waals surface area contributed by atoms with Gasteiger partial charge in [0.1, 0.15) is 6.17 Å². The summed E-state index contributed by atoms with van der Waals surface area (Å²) >= 11 is 0. The van der Waals surface area contributed by atoms with Gasteiger partial charge in [-0.25, -0.2) is 4.39 Å². The van der Waals surface area contributed by atoms with Gasteiger partial charge in [0.2, 0.25) is 0 Å². The van der Waals surface area contributed by atoms with Gasteiger partial charge >= 0.3 is 0 Å². The number of alkyl halides is 1. The predicted octanol–water partition coefficient (Wildman–Crippen LogP) is 2.78. The van der Waals surface area contributed by atoms with Gasteiger partial charge in [-0.15, -0.1) is 0 Å². The van der Waals surface area contributed by atoms with Crippen LogP contribution in [0.2, 0.25) is 0 Å². The van der Waals surface area contributed by atoms with E-state index in [9.17, 15) is 4.39 Å². The van der Waals surface area contributed by atoms with Crippen LogP contribution in [0.25, 0.3) is 0 Å². The standard InChI is InChI=1S/C12H20FN/c1-9(2)4-12-5-10(3)7-14(12)8-11(13)6-12/h9,11H,3-8H2,1-2H3/t11-,12?/m1/s1. The van der Waals surface area contributed by atoms with Gasteiger partial charge < -0.3 is 0 Å². The molecule has 2 atom stereocenters. The Morgan fingerprint density at radius 2 is 2.36 bits per heavy atom. The van der Waals surface area contributed by atoms with E-state index in [1.807, 2.05) is 0 Å².